The zero-order valence-corrected chi connectivity index (χ0v) is 15.1. The van der Waals surface area contributed by atoms with Gasteiger partial charge in [0.1, 0.15) is 5.75 Å². The molecule has 0 spiro atoms. The first kappa shape index (κ1) is 17.7. The van der Waals surface area contributed by atoms with Crippen molar-refractivity contribution in [2.75, 3.05) is 13.7 Å². The molecule has 1 aromatic heterocycles. The number of aromatic nitrogens is 2. The summed E-state index contributed by atoms with van der Waals surface area (Å²) in [5.74, 6) is 1.23. The first-order valence-corrected chi connectivity index (χ1v) is 8.84. The summed E-state index contributed by atoms with van der Waals surface area (Å²) in [5.41, 5.74) is 0.787. The van der Waals surface area contributed by atoms with E-state index in [9.17, 15) is 4.79 Å². The molecular weight excluding hydrogens is 316 g/mol. The lowest BCUT2D eigenvalue weighted by Gasteiger charge is -2.42. The van der Waals surface area contributed by atoms with E-state index < -0.39 is 0 Å². The summed E-state index contributed by atoms with van der Waals surface area (Å²) >= 11 is 0. The zero-order chi connectivity index (χ0) is 17.9. The summed E-state index contributed by atoms with van der Waals surface area (Å²) in [4.78, 5) is 12.8. The molecule has 1 aromatic carbocycles. The highest BCUT2D eigenvalue weighted by Crippen LogP contribution is 2.45. The smallest absolute Gasteiger partial charge is 0.247 e. The van der Waals surface area contributed by atoms with Crippen LogP contribution < -0.4 is 4.74 Å². The molecule has 5 nitrogen and oxygen atoms in total. The van der Waals surface area contributed by atoms with Gasteiger partial charge in [-0.05, 0) is 30.9 Å². The van der Waals surface area contributed by atoms with Crippen LogP contribution in [0, 0.1) is 5.92 Å². The molecular formula is C20H26N2O3. The summed E-state index contributed by atoms with van der Waals surface area (Å²) in [6, 6.07) is 9.80. The van der Waals surface area contributed by atoms with Crippen LogP contribution in [0.4, 0.5) is 0 Å². The van der Waals surface area contributed by atoms with Crippen molar-refractivity contribution in [2.24, 2.45) is 5.92 Å². The fourth-order valence-corrected chi connectivity index (χ4v) is 3.75. The SMILES string of the molecule is COc1ccccc1[C@]1(CC(=O)n2cccn2)CCO[C@@H](C(C)C)C1. The molecule has 2 atom stereocenters. The molecule has 5 heteroatoms. The van der Waals surface area contributed by atoms with Gasteiger partial charge >= 0.3 is 0 Å². The van der Waals surface area contributed by atoms with Gasteiger partial charge in [-0.25, -0.2) is 4.68 Å². The van der Waals surface area contributed by atoms with E-state index in [-0.39, 0.29) is 17.4 Å². The van der Waals surface area contributed by atoms with E-state index in [1.165, 1.54) is 4.68 Å². The van der Waals surface area contributed by atoms with E-state index in [0.29, 0.717) is 18.9 Å². The molecule has 0 radical (unpaired) electrons. The van der Waals surface area contributed by atoms with Crippen molar-refractivity contribution in [3.63, 3.8) is 0 Å². The quantitative estimate of drug-likeness (QED) is 0.831. The number of para-hydroxylation sites is 1. The Morgan fingerprint density at radius 3 is 2.88 bits per heavy atom. The van der Waals surface area contributed by atoms with Crippen molar-refractivity contribution in [1.82, 2.24) is 9.78 Å². The molecule has 0 amide bonds. The second kappa shape index (κ2) is 7.40. The van der Waals surface area contributed by atoms with Crippen LogP contribution in [0.3, 0.4) is 0 Å². The van der Waals surface area contributed by atoms with E-state index in [0.717, 1.165) is 24.2 Å². The topological polar surface area (TPSA) is 53.4 Å². The first-order chi connectivity index (χ1) is 12.1. The maximum atomic E-state index is 12.8. The van der Waals surface area contributed by atoms with E-state index in [1.807, 2.05) is 18.2 Å². The van der Waals surface area contributed by atoms with Crippen molar-refractivity contribution >= 4 is 5.91 Å². The summed E-state index contributed by atoms with van der Waals surface area (Å²) in [7, 11) is 1.68. The van der Waals surface area contributed by atoms with Crippen LogP contribution in [0.1, 0.15) is 43.5 Å². The lowest BCUT2D eigenvalue weighted by atomic mass is 9.68. The second-order valence-corrected chi connectivity index (χ2v) is 7.11. The van der Waals surface area contributed by atoms with Crippen LogP contribution in [-0.2, 0) is 10.2 Å². The molecule has 0 bridgehead atoms. The van der Waals surface area contributed by atoms with E-state index >= 15 is 0 Å². The van der Waals surface area contributed by atoms with E-state index in [1.54, 1.807) is 25.6 Å². The molecule has 134 valence electrons. The maximum absolute atomic E-state index is 12.8. The van der Waals surface area contributed by atoms with Gasteiger partial charge in [0.2, 0.25) is 5.91 Å². The Hall–Kier alpha value is -2.14. The fraction of sp³-hybridized carbons (Fsp3) is 0.500. The van der Waals surface area contributed by atoms with Gasteiger partial charge in [-0.15, -0.1) is 0 Å². The molecule has 1 saturated heterocycles. The third kappa shape index (κ3) is 3.61. The second-order valence-electron chi connectivity index (χ2n) is 7.11. The van der Waals surface area contributed by atoms with Crippen molar-refractivity contribution in [3.05, 3.63) is 48.3 Å². The van der Waals surface area contributed by atoms with Crippen LogP contribution in [0.25, 0.3) is 0 Å². The van der Waals surface area contributed by atoms with Crippen molar-refractivity contribution in [2.45, 2.75) is 44.6 Å². The van der Waals surface area contributed by atoms with Crippen molar-refractivity contribution < 1.29 is 14.3 Å². The highest BCUT2D eigenvalue weighted by Gasteiger charge is 2.43. The van der Waals surface area contributed by atoms with E-state index in [4.69, 9.17) is 9.47 Å². The predicted octanol–water partition coefficient (Wildman–Crippen LogP) is 3.70. The Morgan fingerprint density at radius 2 is 2.20 bits per heavy atom. The third-order valence-corrected chi connectivity index (χ3v) is 5.18. The van der Waals surface area contributed by atoms with Crippen LogP contribution in [0.2, 0.25) is 0 Å². The largest absolute Gasteiger partial charge is 0.496 e. The zero-order valence-electron chi connectivity index (χ0n) is 15.1. The third-order valence-electron chi connectivity index (χ3n) is 5.18. The van der Waals surface area contributed by atoms with Crippen LogP contribution >= 0.6 is 0 Å². The van der Waals surface area contributed by atoms with Gasteiger partial charge < -0.3 is 9.47 Å². The summed E-state index contributed by atoms with van der Waals surface area (Å²) in [6.07, 6.45) is 5.46. The maximum Gasteiger partial charge on any atom is 0.247 e. The molecule has 1 aliphatic rings. The highest BCUT2D eigenvalue weighted by atomic mass is 16.5. The summed E-state index contributed by atoms with van der Waals surface area (Å²) in [6.45, 7) is 4.98. The van der Waals surface area contributed by atoms with Crippen LogP contribution in [-0.4, -0.2) is 35.5 Å². The van der Waals surface area contributed by atoms with Gasteiger partial charge in [-0.1, -0.05) is 32.0 Å². The Kier molecular flexibility index (Phi) is 5.23. The molecule has 25 heavy (non-hydrogen) atoms. The Balaban J connectivity index is 2.00. The lowest BCUT2D eigenvalue weighted by molar-refractivity contribution is -0.0461. The minimum absolute atomic E-state index is 0.000289. The number of hydrogen-bond acceptors (Lipinski definition) is 4. The number of carbonyl (C=O) groups is 1. The predicted molar refractivity (Wildman–Crippen MR) is 96.0 cm³/mol. The number of nitrogens with zero attached hydrogens (tertiary/aromatic N) is 2. The van der Waals surface area contributed by atoms with E-state index in [2.05, 4.69) is 25.0 Å². The molecule has 0 saturated carbocycles. The van der Waals surface area contributed by atoms with Gasteiger partial charge in [-0.2, -0.15) is 5.10 Å². The average Bonchev–Trinajstić information content (AvgIpc) is 3.16. The molecule has 0 aliphatic carbocycles. The van der Waals surface area contributed by atoms with Gasteiger partial charge in [0.05, 0.1) is 13.2 Å². The number of hydrogen-bond donors (Lipinski definition) is 0. The molecule has 1 aliphatic heterocycles. The van der Waals surface area contributed by atoms with Gasteiger partial charge in [-0.3, -0.25) is 4.79 Å². The van der Waals surface area contributed by atoms with Crippen molar-refractivity contribution in [1.29, 1.82) is 0 Å². The van der Waals surface area contributed by atoms with Crippen LogP contribution in [0.5, 0.6) is 5.75 Å². The van der Waals surface area contributed by atoms with Gasteiger partial charge in [0.25, 0.3) is 0 Å². The molecule has 1 fully saturated rings. The monoisotopic (exact) mass is 342 g/mol. The van der Waals surface area contributed by atoms with Crippen LogP contribution in [0.15, 0.2) is 42.7 Å². The Labute approximate surface area is 148 Å². The fourth-order valence-electron chi connectivity index (χ4n) is 3.75. The molecule has 3 rings (SSSR count). The Morgan fingerprint density at radius 1 is 1.40 bits per heavy atom. The highest BCUT2D eigenvalue weighted by molar-refractivity contribution is 5.79. The number of ether oxygens (including phenoxy) is 2. The van der Waals surface area contributed by atoms with Crippen molar-refractivity contribution in [3.8, 4) is 5.75 Å². The normalized spacial score (nSPS) is 23.6. The number of benzene rings is 1. The molecule has 0 unspecified atom stereocenters. The standard InChI is InChI=1S/C20H26N2O3/c1-15(2)18-13-20(9-12-25-18,14-19(23)22-11-6-10-21-22)16-7-4-5-8-17(16)24-3/h4-8,10-11,15,18H,9,12-14H2,1-3H3/t18-,20-/m1/s1. The first-order valence-electron chi connectivity index (χ1n) is 8.84. The Bertz CT molecular complexity index is 711. The number of rotatable bonds is 5. The lowest BCUT2D eigenvalue weighted by Crippen LogP contribution is -2.43. The number of methoxy groups -OCH3 is 1. The molecule has 2 heterocycles. The van der Waals surface area contributed by atoms with Gasteiger partial charge in [0, 0.05) is 36.4 Å². The molecule has 0 N–H and O–H groups in total. The average molecular weight is 342 g/mol. The minimum Gasteiger partial charge on any atom is -0.496 e. The molecule has 2 aromatic rings. The summed E-state index contributed by atoms with van der Waals surface area (Å²) < 4.78 is 13.0. The number of carbonyl (C=O) groups excluding carboxylic acids is 1. The van der Waals surface area contributed by atoms with Gasteiger partial charge in [0.15, 0.2) is 0 Å². The summed E-state index contributed by atoms with van der Waals surface area (Å²) in [5, 5.41) is 4.11. The minimum atomic E-state index is -0.303.